The molecule has 11 heteroatoms. The summed E-state index contributed by atoms with van der Waals surface area (Å²) in [5.41, 5.74) is -1.21. The monoisotopic (exact) mass is 278 g/mol. The van der Waals surface area contributed by atoms with Crippen LogP contribution in [-0.2, 0) is 9.09 Å². The SMILES string of the molecule is COP(=O)(O)Oc1cc([N+](=O)[O-])ccc1[N+](=O)[O-]. The maximum atomic E-state index is 11.1. The van der Waals surface area contributed by atoms with Gasteiger partial charge in [0.1, 0.15) is 0 Å². The Bertz CT molecular complexity index is 544. The Morgan fingerprint density at radius 3 is 2.33 bits per heavy atom. The Morgan fingerprint density at radius 2 is 1.89 bits per heavy atom. The molecule has 1 unspecified atom stereocenters. The molecular weight excluding hydrogens is 271 g/mol. The maximum Gasteiger partial charge on any atom is 0.527 e. The molecule has 1 aromatic carbocycles. The van der Waals surface area contributed by atoms with Crippen molar-refractivity contribution >= 4 is 19.2 Å². The summed E-state index contributed by atoms with van der Waals surface area (Å²) < 4.78 is 19.6. The van der Waals surface area contributed by atoms with Crippen molar-refractivity contribution in [1.82, 2.24) is 0 Å². The lowest BCUT2D eigenvalue weighted by Gasteiger charge is -2.09. The molecule has 0 bridgehead atoms. The largest absolute Gasteiger partial charge is 0.527 e. The summed E-state index contributed by atoms with van der Waals surface area (Å²) in [5.74, 6) is -0.720. The van der Waals surface area contributed by atoms with Crippen LogP contribution in [0.3, 0.4) is 0 Å². The Morgan fingerprint density at radius 1 is 1.28 bits per heavy atom. The number of hydrogen-bond acceptors (Lipinski definition) is 7. The highest BCUT2D eigenvalue weighted by molar-refractivity contribution is 7.47. The Hall–Kier alpha value is -2.03. The van der Waals surface area contributed by atoms with Crippen LogP contribution in [0.1, 0.15) is 0 Å². The van der Waals surface area contributed by atoms with Gasteiger partial charge in [-0.15, -0.1) is 0 Å². The van der Waals surface area contributed by atoms with Crippen LogP contribution in [0.5, 0.6) is 5.75 Å². The van der Waals surface area contributed by atoms with Crippen molar-refractivity contribution in [3.05, 3.63) is 38.4 Å². The Balaban J connectivity index is 3.28. The van der Waals surface area contributed by atoms with E-state index >= 15 is 0 Å². The third-order valence-corrected chi connectivity index (χ3v) is 2.68. The van der Waals surface area contributed by atoms with E-state index in [1.807, 2.05) is 0 Å². The molecule has 1 atom stereocenters. The summed E-state index contributed by atoms with van der Waals surface area (Å²) in [5, 5.41) is 21.1. The molecule has 1 aromatic rings. The van der Waals surface area contributed by atoms with Gasteiger partial charge in [-0.1, -0.05) is 0 Å². The van der Waals surface area contributed by atoms with Gasteiger partial charge in [-0.25, -0.2) is 4.57 Å². The van der Waals surface area contributed by atoms with Gasteiger partial charge in [0.15, 0.2) is 0 Å². The van der Waals surface area contributed by atoms with E-state index in [1.54, 1.807) is 0 Å². The number of nitrogens with zero attached hydrogens (tertiary/aromatic N) is 2. The lowest BCUT2D eigenvalue weighted by Crippen LogP contribution is -1.99. The second-order valence-corrected chi connectivity index (χ2v) is 4.39. The topological polar surface area (TPSA) is 142 Å². The molecule has 98 valence electrons. The van der Waals surface area contributed by atoms with E-state index in [1.165, 1.54) is 0 Å². The van der Waals surface area contributed by atoms with Crippen molar-refractivity contribution < 1.29 is 28.4 Å². The van der Waals surface area contributed by atoms with Crippen LogP contribution in [0, 0.1) is 20.2 Å². The number of nitro benzene ring substituents is 2. The second-order valence-electron chi connectivity index (χ2n) is 2.91. The quantitative estimate of drug-likeness (QED) is 0.486. The Labute approximate surface area is 99.7 Å². The molecule has 0 radical (unpaired) electrons. The number of nitro groups is 2. The van der Waals surface area contributed by atoms with Crippen molar-refractivity contribution in [2.75, 3.05) is 7.11 Å². The van der Waals surface area contributed by atoms with Crippen molar-refractivity contribution in [2.24, 2.45) is 0 Å². The predicted molar refractivity (Wildman–Crippen MR) is 57.2 cm³/mol. The van der Waals surface area contributed by atoms with E-state index in [0.29, 0.717) is 6.07 Å². The van der Waals surface area contributed by atoms with Gasteiger partial charge >= 0.3 is 13.5 Å². The molecule has 1 N–H and O–H groups in total. The molecule has 0 aliphatic rings. The molecule has 0 aliphatic heterocycles. The van der Waals surface area contributed by atoms with E-state index in [0.717, 1.165) is 19.2 Å². The standard InChI is InChI=1S/C7H7N2O8P/c1-16-18(14,15)17-7-4-5(8(10)11)2-3-6(7)9(12)13/h2-4H,1H3,(H,14,15). The first-order valence-corrected chi connectivity index (χ1v) is 5.77. The number of phosphoric acid groups is 1. The fourth-order valence-electron chi connectivity index (χ4n) is 1.00. The number of benzene rings is 1. The molecule has 0 heterocycles. The normalized spacial score (nSPS) is 13.7. The summed E-state index contributed by atoms with van der Waals surface area (Å²) in [7, 11) is -3.69. The van der Waals surface area contributed by atoms with Crippen LogP contribution >= 0.6 is 7.82 Å². The minimum absolute atomic E-state index is 0.522. The molecule has 1 rings (SSSR count). The van der Waals surface area contributed by atoms with Gasteiger partial charge in [0.25, 0.3) is 5.69 Å². The van der Waals surface area contributed by atoms with E-state index in [9.17, 15) is 24.8 Å². The third-order valence-electron chi connectivity index (χ3n) is 1.80. The smallest absolute Gasteiger partial charge is 0.396 e. The van der Waals surface area contributed by atoms with Crippen molar-refractivity contribution in [3.8, 4) is 5.75 Å². The van der Waals surface area contributed by atoms with E-state index in [2.05, 4.69) is 9.05 Å². The van der Waals surface area contributed by atoms with E-state index < -0.39 is 34.8 Å². The summed E-state index contributed by atoms with van der Waals surface area (Å²) in [6.45, 7) is 0. The lowest BCUT2D eigenvalue weighted by molar-refractivity contribution is -0.389. The number of non-ortho nitro benzene ring substituents is 1. The van der Waals surface area contributed by atoms with E-state index in [-0.39, 0.29) is 0 Å². The van der Waals surface area contributed by atoms with Crippen molar-refractivity contribution in [2.45, 2.75) is 0 Å². The van der Waals surface area contributed by atoms with Gasteiger partial charge in [-0.3, -0.25) is 29.6 Å². The van der Waals surface area contributed by atoms with Crippen LogP contribution in [0.15, 0.2) is 18.2 Å². The molecule has 0 spiro atoms. The summed E-state index contributed by atoms with van der Waals surface area (Å²) in [6.07, 6.45) is 0. The molecule has 0 saturated heterocycles. The molecular formula is C7H7N2O8P. The highest BCUT2D eigenvalue weighted by Crippen LogP contribution is 2.46. The zero-order valence-electron chi connectivity index (χ0n) is 8.88. The maximum absolute atomic E-state index is 11.1. The minimum atomic E-state index is -4.54. The van der Waals surface area contributed by atoms with Gasteiger partial charge in [0.05, 0.1) is 15.9 Å². The van der Waals surface area contributed by atoms with E-state index in [4.69, 9.17) is 4.89 Å². The third kappa shape index (κ3) is 3.23. The first-order valence-electron chi connectivity index (χ1n) is 4.28. The second kappa shape index (κ2) is 5.08. The molecule has 0 saturated carbocycles. The molecule has 18 heavy (non-hydrogen) atoms. The minimum Gasteiger partial charge on any atom is -0.396 e. The van der Waals surface area contributed by atoms with Gasteiger partial charge in [-0.05, 0) is 0 Å². The first kappa shape index (κ1) is 14.0. The highest BCUT2D eigenvalue weighted by Gasteiger charge is 2.28. The van der Waals surface area contributed by atoms with Gasteiger partial charge < -0.3 is 4.52 Å². The molecule has 0 aliphatic carbocycles. The van der Waals surface area contributed by atoms with Crippen molar-refractivity contribution in [1.29, 1.82) is 0 Å². The van der Waals surface area contributed by atoms with Crippen LogP contribution < -0.4 is 4.52 Å². The average Bonchev–Trinajstić information content (AvgIpc) is 2.28. The molecule has 0 fully saturated rings. The molecule has 0 amide bonds. The number of hydrogen-bond donors (Lipinski definition) is 1. The predicted octanol–water partition coefficient (Wildman–Crippen LogP) is 1.63. The van der Waals surface area contributed by atoms with Crippen LogP contribution in [0.2, 0.25) is 0 Å². The Kier molecular flexibility index (Phi) is 3.96. The van der Waals surface area contributed by atoms with Crippen molar-refractivity contribution in [3.63, 3.8) is 0 Å². The first-order chi connectivity index (χ1) is 8.26. The average molecular weight is 278 g/mol. The van der Waals surface area contributed by atoms with Gasteiger partial charge in [0.2, 0.25) is 5.75 Å². The van der Waals surface area contributed by atoms with Crippen LogP contribution in [-0.4, -0.2) is 21.8 Å². The fourth-order valence-corrected chi connectivity index (χ4v) is 1.47. The zero-order valence-corrected chi connectivity index (χ0v) is 9.77. The summed E-state index contributed by atoms with van der Waals surface area (Å²) >= 11 is 0. The van der Waals surface area contributed by atoms with Gasteiger partial charge in [-0.2, -0.15) is 0 Å². The highest BCUT2D eigenvalue weighted by atomic mass is 31.2. The van der Waals surface area contributed by atoms with Crippen LogP contribution in [0.4, 0.5) is 11.4 Å². The molecule has 0 aromatic heterocycles. The lowest BCUT2D eigenvalue weighted by atomic mass is 10.2. The van der Waals surface area contributed by atoms with Gasteiger partial charge in [0, 0.05) is 19.2 Å². The fraction of sp³-hybridized carbons (Fsp3) is 0.143. The number of rotatable bonds is 5. The van der Waals surface area contributed by atoms with Crippen LogP contribution in [0.25, 0.3) is 0 Å². The summed E-state index contributed by atoms with van der Waals surface area (Å²) in [4.78, 5) is 28.4. The zero-order chi connectivity index (χ0) is 13.9. The number of phosphoric ester groups is 1. The molecule has 10 nitrogen and oxygen atoms in total. The summed E-state index contributed by atoms with van der Waals surface area (Å²) in [6, 6.07) is 2.34.